The molecule has 0 fully saturated rings. The summed E-state index contributed by atoms with van der Waals surface area (Å²) in [6, 6.07) is 17.1. The lowest BCUT2D eigenvalue weighted by molar-refractivity contribution is 0.0699. The number of carbonyl (C=O) groups is 1. The summed E-state index contributed by atoms with van der Waals surface area (Å²) in [6.07, 6.45) is 0. The van der Waals surface area contributed by atoms with Crippen molar-refractivity contribution in [1.29, 1.82) is 0 Å². The van der Waals surface area contributed by atoms with Crippen LogP contribution in [0, 0.1) is 6.92 Å². The van der Waals surface area contributed by atoms with E-state index in [4.69, 9.17) is 0 Å². The second kappa shape index (κ2) is 5.58. The summed E-state index contributed by atoms with van der Waals surface area (Å²) in [5.74, 6) is -0.929. The fourth-order valence-electron chi connectivity index (χ4n) is 2.11. The minimum absolute atomic E-state index is 0.284. The Morgan fingerprint density at radius 2 is 1.81 bits per heavy atom. The first-order chi connectivity index (χ1) is 10.1. The van der Waals surface area contributed by atoms with Gasteiger partial charge in [-0.2, -0.15) is 0 Å². The second-order valence-electron chi connectivity index (χ2n) is 4.74. The summed E-state index contributed by atoms with van der Waals surface area (Å²) in [7, 11) is 0. The highest BCUT2D eigenvalue weighted by molar-refractivity contribution is 7.99. The van der Waals surface area contributed by atoms with Crippen molar-refractivity contribution in [3.63, 3.8) is 0 Å². The molecule has 0 amide bonds. The summed E-state index contributed by atoms with van der Waals surface area (Å²) < 4.78 is 0. The molecule has 0 spiro atoms. The maximum Gasteiger partial charge on any atom is 0.336 e. The predicted octanol–water partition coefficient (Wildman–Crippen LogP) is 4.39. The highest BCUT2D eigenvalue weighted by atomic mass is 32.2. The molecule has 0 aliphatic rings. The first kappa shape index (κ1) is 13.6. The number of aryl methyl sites for hydroxylation is 1. The topological polar surface area (TPSA) is 50.2 Å². The van der Waals surface area contributed by atoms with E-state index in [0.717, 1.165) is 9.92 Å². The minimum Gasteiger partial charge on any atom is -0.478 e. The fourth-order valence-corrected chi connectivity index (χ4v) is 2.90. The van der Waals surface area contributed by atoms with Gasteiger partial charge in [0, 0.05) is 10.3 Å². The molecule has 0 aliphatic carbocycles. The number of benzene rings is 2. The van der Waals surface area contributed by atoms with Crippen LogP contribution < -0.4 is 0 Å². The van der Waals surface area contributed by atoms with Gasteiger partial charge in [0.25, 0.3) is 0 Å². The number of aromatic nitrogens is 1. The Bertz CT molecular complexity index is 813. The molecule has 4 heteroatoms. The molecule has 0 saturated carbocycles. The van der Waals surface area contributed by atoms with E-state index >= 15 is 0 Å². The standard InChI is InChI=1S/C17H13NO2S/c1-11-5-7-12(8-6-11)21-16-10-9-13-14(17(19)20)3-2-4-15(13)18-16/h2-10H,1H3,(H,19,20). The summed E-state index contributed by atoms with van der Waals surface area (Å²) in [4.78, 5) is 16.8. The number of rotatable bonds is 3. The van der Waals surface area contributed by atoms with Gasteiger partial charge in [-0.3, -0.25) is 0 Å². The highest BCUT2D eigenvalue weighted by Gasteiger charge is 2.09. The number of hydrogen-bond acceptors (Lipinski definition) is 3. The first-order valence-electron chi connectivity index (χ1n) is 6.51. The number of pyridine rings is 1. The lowest BCUT2D eigenvalue weighted by Gasteiger charge is -2.05. The van der Waals surface area contributed by atoms with Gasteiger partial charge in [0.05, 0.1) is 11.1 Å². The lowest BCUT2D eigenvalue weighted by atomic mass is 10.1. The third-order valence-electron chi connectivity index (χ3n) is 3.18. The quantitative estimate of drug-likeness (QED) is 0.778. The van der Waals surface area contributed by atoms with Crippen LogP contribution in [0.3, 0.4) is 0 Å². The molecule has 104 valence electrons. The lowest BCUT2D eigenvalue weighted by Crippen LogP contribution is -1.97. The summed E-state index contributed by atoms with van der Waals surface area (Å²) in [6.45, 7) is 2.05. The molecule has 1 N–H and O–H groups in total. The Morgan fingerprint density at radius 3 is 2.52 bits per heavy atom. The smallest absolute Gasteiger partial charge is 0.336 e. The molecule has 2 aromatic carbocycles. The van der Waals surface area contributed by atoms with E-state index in [9.17, 15) is 9.90 Å². The van der Waals surface area contributed by atoms with Gasteiger partial charge in [-0.15, -0.1) is 0 Å². The summed E-state index contributed by atoms with van der Waals surface area (Å²) in [5.41, 5.74) is 2.20. The minimum atomic E-state index is -0.929. The molecule has 3 aromatic rings. The normalized spacial score (nSPS) is 10.7. The molecule has 1 heterocycles. The highest BCUT2D eigenvalue weighted by Crippen LogP contribution is 2.28. The number of carboxylic acid groups (broad SMARTS) is 1. The van der Waals surface area contributed by atoms with Crippen molar-refractivity contribution in [2.75, 3.05) is 0 Å². The van der Waals surface area contributed by atoms with Crippen LogP contribution in [0.4, 0.5) is 0 Å². The Hall–Kier alpha value is -2.33. The monoisotopic (exact) mass is 295 g/mol. The molecular weight excluding hydrogens is 282 g/mol. The van der Waals surface area contributed by atoms with E-state index in [1.54, 1.807) is 23.9 Å². The van der Waals surface area contributed by atoms with Gasteiger partial charge in [0.2, 0.25) is 0 Å². The third-order valence-corrected chi connectivity index (χ3v) is 4.12. The van der Waals surface area contributed by atoms with Crippen molar-refractivity contribution in [3.05, 3.63) is 65.7 Å². The van der Waals surface area contributed by atoms with Crippen molar-refractivity contribution >= 4 is 28.6 Å². The molecule has 21 heavy (non-hydrogen) atoms. The maximum absolute atomic E-state index is 11.2. The molecule has 0 saturated heterocycles. The van der Waals surface area contributed by atoms with E-state index < -0.39 is 5.97 Å². The Morgan fingerprint density at radius 1 is 1.05 bits per heavy atom. The van der Waals surface area contributed by atoms with Crippen LogP contribution in [0.15, 0.2) is 64.5 Å². The van der Waals surface area contributed by atoms with Gasteiger partial charge in [0.15, 0.2) is 0 Å². The van der Waals surface area contributed by atoms with Gasteiger partial charge in [-0.25, -0.2) is 9.78 Å². The van der Waals surface area contributed by atoms with Crippen molar-refractivity contribution in [1.82, 2.24) is 4.98 Å². The first-order valence-corrected chi connectivity index (χ1v) is 7.33. The molecule has 0 atom stereocenters. The molecule has 0 bridgehead atoms. The Labute approximate surface area is 126 Å². The van der Waals surface area contributed by atoms with Crippen LogP contribution >= 0.6 is 11.8 Å². The molecule has 0 unspecified atom stereocenters. The zero-order valence-electron chi connectivity index (χ0n) is 11.4. The van der Waals surface area contributed by atoms with E-state index in [1.807, 2.05) is 18.2 Å². The van der Waals surface area contributed by atoms with E-state index in [1.165, 1.54) is 5.56 Å². The van der Waals surface area contributed by atoms with Gasteiger partial charge in [-0.1, -0.05) is 35.5 Å². The van der Waals surface area contributed by atoms with Gasteiger partial charge < -0.3 is 5.11 Å². The molecular formula is C17H13NO2S. The molecule has 1 aromatic heterocycles. The van der Waals surface area contributed by atoms with E-state index in [2.05, 4.69) is 36.2 Å². The maximum atomic E-state index is 11.2. The van der Waals surface area contributed by atoms with Crippen LogP contribution in [0.1, 0.15) is 15.9 Å². The molecule has 3 rings (SSSR count). The van der Waals surface area contributed by atoms with E-state index in [-0.39, 0.29) is 5.56 Å². The van der Waals surface area contributed by atoms with Gasteiger partial charge in [-0.05, 0) is 43.3 Å². The molecule has 0 aliphatic heterocycles. The van der Waals surface area contributed by atoms with Crippen LogP contribution in [0.25, 0.3) is 10.9 Å². The Kier molecular flexibility index (Phi) is 3.62. The van der Waals surface area contributed by atoms with Gasteiger partial charge in [0.1, 0.15) is 5.03 Å². The van der Waals surface area contributed by atoms with Crippen LogP contribution in [0.5, 0.6) is 0 Å². The van der Waals surface area contributed by atoms with Crippen molar-refractivity contribution in [2.45, 2.75) is 16.8 Å². The summed E-state index contributed by atoms with van der Waals surface area (Å²) >= 11 is 1.57. The van der Waals surface area contributed by atoms with Crippen molar-refractivity contribution in [3.8, 4) is 0 Å². The number of nitrogens with zero attached hydrogens (tertiary/aromatic N) is 1. The SMILES string of the molecule is Cc1ccc(Sc2ccc3c(C(=O)O)cccc3n2)cc1. The number of hydrogen-bond donors (Lipinski definition) is 1. The predicted molar refractivity (Wildman–Crippen MR) is 84.0 cm³/mol. The average molecular weight is 295 g/mol. The number of fused-ring (bicyclic) bond motifs is 1. The number of aromatic carboxylic acids is 1. The molecule has 3 nitrogen and oxygen atoms in total. The third kappa shape index (κ3) is 2.90. The summed E-state index contributed by atoms with van der Waals surface area (Å²) in [5, 5.41) is 10.7. The zero-order chi connectivity index (χ0) is 14.8. The fraction of sp³-hybridized carbons (Fsp3) is 0.0588. The molecule has 0 radical (unpaired) electrons. The average Bonchev–Trinajstić information content (AvgIpc) is 2.48. The van der Waals surface area contributed by atoms with Crippen LogP contribution in [-0.4, -0.2) is 16.1 Å². The zero-order valence-corrected chi connectivity index (χ0v) is 12.2. The number of carboxylic acids is 1. The van der Waals surface area contributed by atoms with E-state index in [0.29, 0.717) is 10.9 Å². The second-order valence-corrected chi connectivity index (χ2v) is 5.84. The largest absolute Gasteiger partial charge is 0.478 e. The Balaban J connectivity index is 1.98. The van der Waals surface area contributed by atoms with Crippen LogP contribution in [-0.2, 0) is 0 Å². The van der Waals surface area contributed by atoms with Gasteiger partial charge >= 0.3 is 5.97 Å². The van der Waals surface area contributed by atoms with Crippen LogP contribution in [0.2, 0.25) is 0 Å². The van der Waals surface area contributed by atoms with Crippen molar-refractivity contribution in [2.24, 2.45) is 0 Å². The van der Waals surface area contributed by atoms with Crippen molar-refractivity contribution < 1.29 is 9.90 Å².